The van der Waals surface area contributed by atoms with Gasteiger partial charge in [0.25, 0.3) is 17.7 Å². The predicted molar refractivity (Wildman–Crippen MR) is 131 cm³/mol. The summed E-state index contributed by atoms with van der Waals surface area (Å²) in [6.45, 7) is 2.81. The number of carbonyl (C=O) groups excluding carboxylic acids is 2. The number of ether oxygens (including phenoxy) is 1. The highest BCUT2D eigenvalue weighted by Gasteiger charge is 2.42. The highest BCUT2D eigenvalue weighted by Crippen LogP contribution is 2.41. The van der Waals surface area contributed by atoms with Gasteiger partial charge in [-0.05, 0) is 50.1 Å². The highest BCUT2D eigenvalue weighted by molar-refractivity contribution is 6.15. The summed E-state index contributed by atoms with van der Waals surface area (Å²) in [5, 5.41) is 16.0. The average molecular weight is 506 g/mol. The first-order valence-corrected chi connectivity index (χ1v) is 12.1. The molecule has 37 heavy (non-hydrogen) atoms. The van der Waals surface area contributed by atoms with Crippen LogP contribution < -0.4 is 10.2 Å². The molecule has 3 aromatic rings. The van der Waals surface area contributed by atoms with Gasteiger partial charge in [-0.25, -0.2) is 8.78 Å². The van der Waals surface area contributed by atoms with Crippen molar-refractivity contribution in [3.05, 3.63) is 77.1 Å². The van der Waals surface area contributed by atoms with Crippen molar-refractivity contribution in [2.24, 2.45) is 5.92 Å². The molecule has 2 aromatic carbocycles. The molecule has 0 bridgehead atoms. The van der Waals surface area contributed by atoms with Crippen LogP contribution in [0.15, 0.2) is 54.7 Å². The maximum Gasteiger partial charge on any atom is 0.277 e. The van der Waals surface area contributed by atoms with Crippen LogP contribution in [0.4, 0.5) is 20.2 Å². The molecular formula is C27H25F2N5O3. The summed E-state index contributed by atoms with van der Waals surface area (Å²) in [4.78, 5) is 28.1. The monoisotopic (exact) mass is 505 g/mol. The molecule has 0 unspecified atom stereocenters. The van der Waals surface area contributed by atoms with Crippen LogP contribution in [-0.4, -0.2) is 40.9 Å². The Morgan fingerprint density at radius 3 is 2.62 bits per heavy atom. The van der Waals surface area contributed by atoms with Crippen molar-refractivity contribution in [1.29, 1.82) is 5.26 Å². The number of nitrogens with zero attached hydrogens (tertiary/aromatic N) is 4. The molecule has 1 atom stereocenters. The molecule has 1 aromatic heterocycles. The molecule has 2 amide bonds. The first kappa shape index (κ1) is 24.6. The number of alkyl halides is 2. The number of aromatic nitrogens is 2. The van der Waals surface area contributed by atoms with Gasteiger partial charge in [-0.2, -0.15) is 10.4 Å². The summed E-state index contributed by atoms with van der Waals surface area (Å²) in [5.41, 5.74) is 1.38. The first-order valence-electron chi connectivity index (χ1n) is 12.1. The number of fused-ring (bicyclic) bond motifs is 1. The number of carbonyl (C=O) groups is 2. The summed E-state index contributed by atoms with van der Waals surface area (Å²) < 4.78 is 36.9. The maximum absolute atomic E-state index is 15.1. The fourth-order valence-electron chi connectivity index (χ4n) is 4.94. The maximum atomic E-state index is 15.1. The van der Waals surface area contributed by atoms with Crippen molar-refractivity contribution in [2.45, 2.75) is 38.3 Å². The minimum atomic E-state index is -2.99. The molecule has 1 fully saturated rings. The second-order valence-corrected chi connectivity index (χ2v) is 9.32. The lowest BCUT2D eigenvalue weighted by atomic mass is 9.88. The molecule has 1 saturated heterocycles. The molecule has 1 N–H and O–H groups in total. The minimum absolute atomic E-state index is 0.0898. The molecule has 2 aliphatic rings. The van der Waals surface area contributed by atoms with Gasteiger partial charge in [0, 0.05) is 36.1 Å². The number of hydrogen-bond acceptors (Lipinski definition) is 5. The summed E-state index contributed by atoms with van der Waals surface area (Å²) in [6.07, 6.45) is 1.93. The van der Waals surface area contributed by atoms with Crippen LogP contribution in [0.25, 0.3) is 0 Å². The van der Waals surface area contributed by atoms with E-state index in [9.17, 15) is 9.59 Å². The van der Waals surface area contributed by atoms with Gasteiger partial charge < -0.3 is 15.0 Å². The van der Waals surface area contributed by atoms with E-state index in [1.54, 1.807) is 18.2 Å². The van der Waals surface area contributed by atoms with E-state index < -0.39 is 23.7 Å². The van der Waals surface area contributed by atoms with Crippen LogP contribution in [0.5, 0.6) is 0 Å². The lowest BCUT2D eigenvalue weighted by molar-refractivity contribution is -0.102. The molecule has 190 valence electrons. The minimum Gasteiger partial charge on any atom is -0.381 e. The highest BCUT2D eigenvalue weighted by atomic mass is 19.3. The molecule has 5 rings (SSSR count). The van der Waals surface area contributed by atoms with E-state index >= 15 is 8.78 Å². The number of nitriles is 1. The van der Waals surface area contributed by atoms with Crippen LogP contribution in [0.3, 0.4) is 0 Å². The fraction of sp³-hybridized carbons (Fsp3) is 0.333. The average Bonchev–Trinajstić information content (AvgIpc) is 3.34. The topological polar surface area (TPSA) is 100 Å². The summed E-state index contributed by atoms with van der Waals surface area (Å²) in [7, 11) is 0. The van der Waals surface area contributed by atoms with Gasteiger partial charge in [0.1, 0.15) is 5.69 Å². The van der Waals surface area contributed by atoms with E-state index in [4.69, 9.17) is 10.00 Å². The number of amides is 2. The molecule has 0 saturated carbocycles. The Bertz CT molecular complexity index is 1370. The van der Waals surface area contributed by atoms with Gasteiger partial charge >= 0.3 is 0 Å². The zero-order valence-electron chi connectivity index (χ0n) is 20.2. The van der Waals surface area contributed by atoms with Crippen molar-refractivity contribution in [3.63, 3.8) is 0 Å². The van der Waals surface area contributed by atoms with E-state index in [2.05, 4.69) is 10.4 Å². The lowest BCUT2D eigenvalue weighted by Crippen LogP contribution is -2.47. The third-order valence-electron chi connectivity index (χ3n) is 6.90. The number of benzene rings is 2. The predicted octanol–water partition coefficient (Wildman–Crippen LogP) is 4.57. The quantitative estimate of drug-likeness (QED) is 0.547. The number of anilines is 2. The van der Waals surface area contributed by atoms with Gasteiger partial charge in [0.2, 0.25) is 0 Å². The van der Waals surface area contributed by atoms with E-state index in [1.807, 2.05) is 13.0 Å². The summed E-state index contributed by atoms with van der Waals surface area (Å²) in [5.74, 6) is -4.76. The molecule has 0 radical (unpaired) electrons. The van der Waals surface area contributed by atoms with Crippen LogP contribution in [0.1, 0.15) is 51.7 Å². The van der Waals surface area contributed by atoms with Crippen LogP contribution in [0.2, 0.25) is 0 Å². The number of hydrogen-bond donors (Lipinski definition) is 1. The molecule has 0 aliphatic carbocycles. The summed E-state index contributed by atoms with van der Waals surface area (Å²) in [6, 6.07) is 13.9. The second kappa shape index (κ2) is 9.75. The number of nitrogens with one attached hydrogen (secondary N) is 1. The second-order valence-electron chi connectivity index (χ2n) is 9.32. The Morgan fingerprint density at radius 1 is 1.19 bits per heavy atom. The fourth-order valence-corrected chi connectivity index (χ4v) is 4.94. The van der Waals surface area contributed by atoms with Crippen molar-refractivity contribution >= 4 is 23.2 Å². The Hall–Kier alpha value is -4.10. The molecule has 0 spiro atoms. The third kappa shape index (κ3) is 4.58. The normalized spacial score (nSPS) is 18.3. The van der Waals surface area contributed by atoms with Gasteiger partial charge in [0.05, 0.1) is 36.0 Å². The molecular weight excluding hydrogens is 480 g/mol. The van der Waals surface area contributed by atoms with Crippen LogP contribution in [0, 0.1) is 17.2 Å². The SMILES string of the molecule is C[C@H]1Cn2ncc(C(=O)Nc3cccc(C#N)c3)c2C(=O)N1c1ccc(C(F)(F)C2CCOCC2)cc1. The van der Waals surface area contributed by atoms with E-state index in [1.165, 1.54) is 46.1 Å². The molecule has 2 aliphatic heterocycles. The number of rotatable bonds is 5. The van der Waals surface area contributed by atoms with Gasteiger partial charge in [0.15, 0.2) is 0 Å². The van der Waals surface area contributed by atoms with Crippen LogP contribution >= 0.6 is 0 Å². The zero-order chi connectivity index (χ0) is 26.2. The van der Waals surface area contributed by atoms with Gasteiger partial charge in [-0.1, -0.05) is 18.2 Å². The molecule has 3 heterocycles. The molecule has 8 nitrogen and oxygen atoms in total. The van der Waals surface area contributed by atoms with Crippen molar-refractivity contribution in [3.8, 4) is 6.07 Å². The largest absolute Gasteiger partial charge is 0.381 e. The van der Waals surface area contributed by atoms with Crippen LogP contribution in [-0.2, 0) is 17.2 Å². The van der Waals surface area contributed by atoms with E-state index in [0.29, 0.717) is 49.5 Å². The number of halogens is 2. The Labute approximate surface area is 212 Å². The third-order valence-corrected chi connectivity index (χ3v) is 6.90. The van der Waals surface area contributed by atoms with Gasteiger partial charge in [-0.15, -0.1) is 0 Å². The Kier molecular flexibility index (Phi) is 6.48. The van der Waals surface area contributed by atoms with Gasteiger partial charge in [-0.3, -0.25) is 14.3 Å². The zero-order valence-corrected chi connectivity index (χ0v) is 20.2. The summed E-state index contributed by atoms with van der Waals surface area (Å²) >= 11 is 0. The standard InChI is InChI=1S/C27H25F2N5O3/c1-17-16-33-24(23(15-31-33)25(35)32-21-4-2-3-18(13-21)14-30)26(36)34(17)22-7-5-19(6-8-22)27(28,29)20-9-11-37-12-10-20/h2-8,13,15,17,20H,9-12,16H2,1H3,(H,32,35)/t17-/m0/s1. The van der Waals surface area contributed by atoms with Crippen molar-refractivity contribution in [2.75, 3.05) is 23.4 Å². The Balaban J connectivity index is 1.39. The van der Waals surface area contributed by atoms with Crippen molar-refractivity contribution < 1.29 is 23.1 Å². The van der Waals surface area contributed by atoms with E-state index in [0.717, 1.165) is 0 Å². The van der Waals surface area contributed by atoms with Crippen molar-refractivity contribution in [1.82, 2.24) is 9.78 Å². The first-order chi connectivity index (χ1) is 17.8. The smallest absolute Gasteiger partial charge is 0.277 e. The Morgan fingerprint density at radius 2 is 1.92 bits per heavy atom. The van der Waals surface area contributed by atoms with E-state index in [-0.39, 0.29) is 22.9 Å². The molecule has 10 heteroatoms. The lowest BCUT2D eigenvalue weighted by Gasteiger charge is -2.34.